The zero-order valence-corrected chi connectivity index (χ0v) is 11.5. The predicted molar refractivity (Wildman–Crippen MR) is 73.6 cm³/mol. The second-order valence-corrected chi connectivity index (χ2v) is 4.30. The number of carbonyl (C=O) groups is 1. The summed E-state index contributed by atoms with van der Waals surface area (Å²) in [5.74, 6) is -0.727. The van der Waals surface area contributed by atoms with E-state index in [9.17, 15) is 25.0 Å². The molecule has 1 aromatic rings. The molecule has 0 unspecified atom stereocenters. The lowest BCUT2D eigenvalue weighted by Gasteiger charge is -2.09. The fraction of sp³-hybridized carbons (Fsp3) is 0.364. The van der Waals surface area contributed by atoms with Gasteiger partial charge in [-0.2, -0.15) is 0 Å². The first-order valence-corrected chi connectivity index (χ1v) is 6.36. The SMILES string of the molecule is O=C(NCCO)c1cc([N+](=O)[O-])cc([N+](=O)[O-])c1CCCl. The largest absolute Gasteiger partial charge is 0.395 e. The number of hydrogen-bond donors (Lipinski definition) is 2. The Hall–Kier alpha value is -2.26. The molecular formula is C11H12ClN3O6. The fourth-order valence-electron chi connectivity index (χ4n) is 1.73. The molecule has 0 atom stereocenters. The first kappa shape index (κ1) is 16.8. The maximum atomic E-state index is 11.9. The summed E-state index contributed by atoms with van der Waals surface area (Å²) < 4.78 is 0. The van der Waals surface area contributed by atoms with E-state index in [1.165, 1.54) is 0 Å². The summed E-state index contributed by atoms with van der Waals surface area (Å²) in [5.41, 5.74) is -1.26. The third-order valence-corrected chi connectivity index (χ3v) is 2.79. The van der Waals surface area contributed by atoms with Gasteiger partial charge in [0.15, 0.2) is 0 Å². The van der Waals surface area contributed by atoms with Crippen molar-refractivity contribution in [3.63, 3.8) is 0 Å². The molecule has 0 fully saturated rings. The number of aliphatic hydroxyl groups excluding tert-OH is 1. The molecule has 21 heavy (non-hydrogen) atoms. The molecule has 0 saturated carbocycles. The summed E-state index contributed by atoms with van der Waals surface area (Å²) in [6, 6.07) is 1.76. The van der Waals surface area contributed by atoms with Crippen molar-refractivity contribution in [3.8, 4) is 0 Å². The lowest BCUT2D eigenvalue weighted by Crippen LogP contribution is -2.27. The number of alkyl halides is 1. The molecule has 0 aliphatic rings. The standard InChI is InChI=1S/C11H12ClN3O6/c12-2-1-8-9(11(17)13-3-4-16)5-7(14(18)19)6-10(8)15(20)21/h5-6,16H,1-4H2,(H,13,17). The van der Waals surface area contributed by atoms with Crippen molar-refractivity contribution < 1.29 is 19.7 Å². The Labute approximate surface area is 123 Å². The van der Waals surface area contributed by atoms with Crippen molar-refractivity contribution >= 4 is 28.9 Å². The minimum Gasteiger partial charge on any atom is -0.395 e. The minimum absolute atomic E-state index is 0.0116. The topological polar surface area (TPSA) is 136 Å². The second kappa shape index (κ2) is 7.50. The van der Waals surface area contributed by atoms with Crippen LogP contribution in [-0.4, -0.2) is 39.9 Å². The van der Waals surface area contributed by atoms with Crippen molar-refractivity contribution in [1.82, 2.24) is 5.32 Å². The second-order valence-electron chi connectivity index (χ2n) is 3.92. The van der Waals surface area contributed by atoms with Crippen LogP contribution in [0.25, 0.3) is 0 Å². The molecule has 1 aromatic carbocycles. The molecule has 0 heterocycles. The average Bonchev–Trinajstić information content (AvgIpc) is 2.44. The third kappa shape index (κ3) is 4.10. The first-order chi connectivity index (χ1) is 9.92. The van der Waals surface area contributed by atoms with Crippen LogP contribution in [-0.2, 0) is 6.42 Å². The normalized spacial score (nSPS) is 10.2. The van der Waals surface area contributed by atoms with Gasteiger partial charge in [0.25, 0.3) is 17.3 Å². The Balaban J connectivity index is 3.44. The van der Waals surface area contributed by atoms with Crippen molar-refractivity contribution in [2.45, 2.75) is 6.42 Å². The molecule has 0 bridgehead atoms. The molecule has 0 aliphatic carbocycles. The molecule has 0 radical (unpaired) electrons. The average molecular weight is 318 g/mol. The number of nitrogens with zero attached hydrogens (tertiary/aromatic N) is 2. The van der Waals surface area contributed by atoms with Crippen LogP contribution < -0.4 is 5.32 Å². The smallest absolute Gasteiger partial charge is 0.280 e. The van der Waals surface area contributed by atoms with Crippen molar-refractivity contribution in [2.75, 3.05) is 19.0 Å². The number of benzene rings is 1. The molecular weight excluding hydrogens is 306 g/mol. The number of nitro groups is 2. The zero-order valence-electron chi connectivity index (χ0n) is 10.7. The molecule has 2 N–H and O–H groups in total. The van der Waals surface area contributed by atoms with Gasteiger partial charge in [0, 0.05) is 24.1 Å². The van der Waals surface area contributed by atoms with E-state index in [0.29, 0.717) is 0 Å². The highest BCUT2D eigenvalue weighted by molar-refractivity contribution is 6.18. The van der Waals surface area contributed by atoms with Gasteiger partial charge in [-0.3, -0.25) is 25.0 Å². The van der Waals surface area contributed by atoms with Crippen LogP contribution in [0.15, 0.2) is 12.1 Å². The molecule has 0 aromatic heterocycles. The van der Waals surface area contributed by atoms with Crippen molar-refractivity contribution in [3.05, 3.63) is 43.5 Å². The van der Waals surface area contributed by atoms with Crippen LogP contribution in [0, 0.1) is 20.2 Å². The Morgan fingerprint density at radius 1 is 1.29 bits per heavy atom. The van der Waals surface area contributed by atoms with Gasteiger partial charge in [-0.1, -0.05) is 0 Å². The lowest BCUT2D eigenvalue weighted by molar-refractivity contribution is -0.394. The van der Waals surface area contributed by atoms with Gasteiger partial charge in [0.1, 0.15) is 0 Å². The van der Waals surface area contributed by atoms with Gasteiger partial charge in [0.2, 0.25) is 0 Å². The number of carbonyl (C=O) groups excluding carboxylic acids is 1. The number of nitro benzene ring substituents is 2. The summed E-state index contributed by atoms with van der Waals surface area (Å²) in [6.45, 7) is -0.400. The fourth-order valence-corrected chi connectivity index (χ4v) is 1.92. The summed E-state index contributed by atoms with van der Waals surface area (Å²) in [6.07, 6.45) is 0.0116. The monoisotopic (exact) mass is 317 g/mol. The molecule has 10 heteroatoms. The van der Waals surface area contributed by atoms with Gasteiger partial charge in [-0.05, 0) is 6.42 Å². The summed E-state index contributed by atoms with van der Waals surface area (Å²) in [7, 11) is 0. The van der Waals surface area contributed by atoms with Gasteiger partial charge in [-0.15, -0.1) is 11.6 Å². The molecule has 1 amide bonds. The Morgan fingerprint density at radius 3 is 2.43 bits per heavy atom. The van der Waals surface area contributed by atoms with Crippen LogP contribution in [0.3, 0.4) is 0 Å². The Kier molecular flexibility index (Phi) is 6.00. The Bertz CT molecular complexity index is 577. The van der Waals surface area contributed by atoms with Crippen LogP contribution in [0.1, 0.15) is 15.9 Å². The molecule has 9 nitrogen and oxygen atoms in total. The van der Waals surface area contributed by atoms with E-state index < -0.39 is 27.1 Å². The van der Waals surface area contributed by atoms with Crippen molar-refractivity contribution in [2.24, 2.45) is 0 Å². The van der Waals surface area contributed by atoms with Crippen LogP contribution in [0.4, 0.5) is 11.4 Å². The summed E-state index contributed by atoms with van der Waals surface area (Å²) in [4.78, 5) is 32.2. The minimum atomic E-state index is -0.819. The number of nitrogens with one attached hydrogen (secondary N) is 1. The van der Waals surface area contributed by atoms with E-state index in [1.54, 1.807) is 0 Å². The number of hydrogen-bond acceptors (Lipinski definition) is 6. The molecule has 114 valence electrons. The molecule has 1 rings (SSSR count). The molecule has 0 spiro atoms. The quantitative estimate of drug-likeness (QED) is 0.437. The number of amides is 1. The number of non-ortho nitro benzene ring substituents is 1. The number of rotatable bonds is 7. The van der Waals surface area contributed by atoms with E-state index in [2.05, 4.69) is 5.32 Å². The van der Waals surface area contributed by atoms with Gasteiger partial charge >= 0.3 is 0 Å². The zero-order chi connectivity index (χ0) is 16.0. The number of halogens is 1. The third-order valence-electron chi connectivity index (χ3n) is 2.61. The van der Waals surface area contributed by atoms with E-state index in [0.717, 1.165) is 12.1 Å². The van der Waals surface area contributed by atoms with Crippen molar-refractivity contribution in [1.29, 1.82) is 0 Å². The van der Waals surface area contributed by atoms with E-state index in [-0.39, 0.29) is 36.6 Å². The highest BCUT2D eigenvalue weighted by Gasteiger charge is 2.26. The van der Waals surface area contributed by atoms with E-state index in [4.69, 9.17) is 16.7 Å². The number of aliphatic hydroxyl groups is 1. The summed E-state index contributed by atoms with van der Waals surface area (Å²) >= 11 is 5.57. The van der Waals surface area contributed by atoms with E-state index in [1.807, 2.05) is 0 Å². The molecule has 0 aliphatic heterocycles. The van der Waals surface area contributed by atoms with Gasteiger partial charge < -0.3 is 10.4 Å². The van der Waals surface area contributed by atoms with Gasteiger partial charge in [0.05, 0.1) is 28.1 Å². The van der Waals surface area contributed by atoms with E-state index >= 15 is 0 Å². The predicted octanol–water partition coefficient (Wildman–Crippen LogP) is 1.01. The maximum absolute atomic E-state index is 11.9. The summed E-state index contributed by atoms with van der Waals surface area (Å²) in [5, 5.41) is 32.8. The van der Waals surface area contributed by atoms with Crippen LogP contribution in [0.2, 0.25) is 0 Å². The van der Waals surface area contributed by atoms with Crippen LogP contribution >= 0.6 is 11.6 Å². The maximum Gasteiger partial charge on any atom is 0.280 e. The van der Waals surface area contributed by atoms with Crippen LogP contribution in [0.5, 0.6) is 0 Å². The first-order valence-electron chi connectivity index (χ1n) is 5.83. The highest BCUT2D eigenvalue weighted by atomic mass is 35.5. The van der Waals surface area contributed by atoms with Gasteiger partial charge in [-0.25, -0.2) is 0 Å². The molecule has 0 saturated heterocycles. The highest BCUT2D eigenvalue weighted by Crippen LogP contribution is 2.29. The lowest BCUT2D eigenvalue weighted by atomic mass is 10.0. The Morgan fingerprint density at radius 2 is 1.95 bits per heavy atom.